The van der Waals surface area contributed by atoms with Gasteiger partial charge in [-0.1, -0.05) is 19.1 Å². The second-order valence-electron chi connectivity index (χ2n) is 3.45. The molecule has 1 heterocycles. The summed E-state index contributed by atoms with van der Waals surface area (Å²) in [5.41, 5.74) is 2.57. The van der Waals surface area contributed by atoms with Crippen molar-refractivity contribution in [3.63, 3.8) is 0 Å². The Kier molecular flexibility index (Phi) is 3.04. The quantitative estimate of drug-likeness (QED) is 0.731. The van der Waals surface area contributed by atoms with Crippen molar-refractivity contribution in [1.82, 2.24) is 0 Å². The summed E-state index contributed by atoms with van der Waals surface area (Å²) < 4.78 is 10.7. The molecule has 1 aromatic rings. The molecule has 75 valence electrons. The van der Waals surface area contributed by atoms with E-state index in [-0.39, 0.29) is 0 Å². The third-order valence-corrected chi connectivity index (χ3v) is 2.48. The molecule has 0 saturated heterocycles. The van der Waals surface area contributed by atoms with E-state index in [0.29, 0.717) is 13.4 Å². The summed E-state index contributed by atoms with van der Waals surface area (Å²) in [6.07, 6.45) is 4.37. The summed E-state index contributed by atoms with van der Waals surface area (Å²) in [5.74, 6) is 0.991. The van der Waals surface area contributed by atoms with Crippen LogP contribution < -0.4 is 4.74 Å². The van der Waals surface area contributed by atoms with E-state index < -0.39 is 0 Å². The van der Waals surface area contributed by atoms with Crippen molar-refractivity contribution in [2.45, 2.75) is 26.4 Å². The molecule has 1 aliphatic rings. The van der Waals surface area contributed by atoms with Crippen LogP contribution >= 0.6 is 0 Å². The molecule has 0 aliphatic carbocycles. The topological polar surface area (TPSA) is 18.5 Å². The standard InChI is InChI=1S/C12H15O2/c1-2-3-5-10-6-4-7-12-11(10)8-13-9-14-12/h2,4,6-7H,3,5,8-9H2,1H3. The number of fused-ring (bicyclic) bond motifs is 1. The fourth-order valence-corrected chi connectivity index (χ4v) is 1.69. The Labute approximate surface area is 84.8 Å². The van der Waals surface area contributed by atoms with Crippen molar-refractivity contribution in [3.8, 4) is 5.75 Å². The second kappa shape index (κ2) is 4.47. The van der Waals surface area contributed by atoms with Crippen LogP contribution in [0.5, 0.6) is 5.75 Å². The molecule has 0 saturated carbocycles. The van der Waals surface area contributed by atoms with E-state index in [1.165, 1.54) is 11.1 Å². The van der Waals surface area contributed by atoms with Crippen LogP contribution in [0.1, 0.15) is 24.5 Å². The van der Waals surface area contributed by atoms with Crippen LogP contribution in [0.2, 0.25) is 0 Å². The lowest BCUT2D eigenvalue weighted by Crippen LogP contribution is -2.13. The van der Waals surface area contributed by atoms with Gasteiger partial charge in [-0.15, -0.1) is 0 Å². The maximum absolute atomic E-state index is 5.41. The van der Waals surface area contributed by atoms with Gasteiger partial charge in [-0.05, 0) is 30.9 Å². The van der Waals surface area contributed by atoms with Gasteiger partial charge in [-0.3, -0.25) is 0 Å². The summed E-state index contributed by atoms with van der Waals surface area (Å²) in [4.78, 5) is 0. The Morgan fingerprint density at radius 2 is 2.36 bits per heavy atom. The van der Waals surface area contributed by atoms with Gasteiger partial charge in [0, 0.05) is 5.56 Å². The molecule has 1 aliphatic heterocycles. The molecule has 0 fully saturated rings. The molecule has 0 aromatic heterocycles. The first-order valence-electron chi connectivity index (χ1n) is 5.01. The minimum Gasteiger partial charge on any atom is -0.467 e. The maximum Gasteiger partial charge on any atom is 0.189 e. The molecule has 2 nitrogen and oxygen atoms in total. The molecule has 2 rings (SSSR count). The summed E-state index contributed by atoms with van der Waals surface area (Å²) in [5, 5.41) is 0. The molecule has 1 aromatic carbocycles. The van der Waals surface area contributed by atoms with Gasteiger partial charge in [0.15, 0.2) is 6.79 Å². The summed E-state index contributed by atoms with van der Waals surface area (Å²) in [6.45, 7) is 3.16. The van der Waals surface area contributed by atoms with E-state index in [1.807, 2.05) is 6.07 Å². The predicted molar refractivity (Wildman–Crippen MR) is 55.0 cm³/mol. The normalized spacial score (nSPS) is 14.6. The van der Waals surface area contributed by atoms with E-state index in [2.05, 4.69) is 25.5 Å². The van der Waals surface area contributed by atoms with E-state index in [1.54, 1.807) is 0 Å². The minimum absolute atomic E-state index is 0.385. The Morgan fingerprint density at radius 1 is 1.43 bits per heavy atom. The molecule has 0 bridgehead atoms. The van der Waals surface area contributed by atoms with Crippen molar-refractivity contribution < 1.29 is 9.47 Å². The smallest absolute Gasteiger partial charge is 0.189 e. The van der Waals surface area contributed by atoms with Gasteiger partial charge in [0.25, 0.3) is 0 Å². The van der Waals surface area contributed by atoms with Crippen molar-refractivity contribution >= 4 is 0 Å². The average molecular weight is 191 g/mol. The third-order valence-electron chi connectivity index (χ3n) is 2.48. The molecule has 0 spiro atoms. The molecule has 0 N–H and O–H groups in total. The van der Waals surface area contributed by atoms with Gasteiger partial charge in [-0.2, -0.15) is 0 Å². The second-order valence-corrected chi connectivity index (χ2v) is 3.45. The monoisotopic (exact) mass is 191 g/mol. The Morgan fingerprint density at radius 3 is 3.21 bits per heavy atom. The van der Waals surface area contributed by atoms with Crippen molar-refractivity contribution in [2.75, 3.05) is 6.79 Å². The van der Waals surface area contributed by atoms with Gasteiger partial charge in [0.05, 0.1) is 6.61 Å². The van der Waals surface area contributed by atoms with Gasteiger partial charge >= 0.3 is 0 Å². The molecule has 1 radical (unpaired) electrons. The van der Waals surface area contributed by atoms with Gasteiger partial charge in [0.2, 0.25) is 0 Å². The molecule has 14 heavy (non-hydrogen) atoms. The summed E-state index contributed by atoms with van der Waals surface area (Å²) in [7, 11) is 0. The van der Waals surface area contributed by atoms with Crippen molar-refractivity contribution in [3.05, 3.63) is 35.7 Å². The number of aryl methyl sites for hydroxylation is 1. The molecule has 0 amide bonds. The Balaban J connectivity index is 2.21. The lowest BCUT2D eigenvalue weighted by molar-refractivity contribution is -0.0168. The minimum atomic E-state index is 0.385. The van der Waals surface area contributed by atoms with E-state index >= 15 is 0 Å². The maximum atomic E-state index is 5.41. The number of rotatable bonds is 3. The predicted octanol–water partition coefficient (Wildman–Crippen LogP) is 2.71. The fourth-order valence-electron chi connectivity index (χ4n) is 1.69. The number of unbranched alkanes of at least 4 members (excludes halogenated alkanes) is 1. The highest BCUT2D eigenvalue weighted by Gasteiger charge is 2.13. The zero-order chi connectivity index (χ0) is 9.80. The summed E-state index contributed by atoms with van der Waals surface area (Å²) >= 11 is 0. The molecular weight excluding hydrogens is 176 g/mol. The number of hydrogen-bond acceptors (Lipinski definition) is 2. The first-order chi connectivity index (χ1) is 6.92. The highest BCUT2D eigenvalue weighted by atomic mass is 16.7. The van der Waals surface area contributed by atoms with E-state index in [9.17, 15) is 0 Å². The van der Waals surface area contributed by atoms with Crippen LogP contribution in [0.4, 0.5) is 0 Å². The van der Waals surface area contributed by atoms with Crippen LogP contribution in [-0.2, 0) is 17.8 Å². The van der Waals surface area contributed by atoms with Crippen molar-refractivity contribution in [1.29, 1.82) is 0 Å². The average Bonchev–Trinajstić information content (AvgIpc) is 2.26. The molecule has 0 atom stereocenters. The van der Waals surface area contributed by atoms with E-state index in [0.717, 1.165) is 18.6 Å². The highest BCUT2D eigenvalue weighted by molar-refractivity contribution is 5.40. The van der Waals surface area contributed by atoms with Crippen LogP contribution in [0.25, 0.3) is 0 Å². The lowest BCUT2D eigenvalue weighted by Gasteiger charge is -2.20. The lowest BCUT2D eigenvalue weighted by atomic mass is 10.0. The van der Waals surface area contributed by atoms with Crippen LogP contribution in [-0.4, -0.2) is 6.79 Å². The van der Waals surface area contributed by atoms with Crippen molar-refractivity contribution in [2.24, 2.45) is 0 Å². The largest absolute Gasteiger partial charge is 0.467 e. The van der Waals surface area contributed by atoms with E-state index in [4.69, 9.17) is 9.47 Å². The van der Waals surface area contributed by atoms with Crippen LogP contribution in [0.3, 0.4) is 0 Å². The zero-order valence-electron chi connectivity index (χ0n) is 8.45. The Hall–Kier alpha value is -1.02. The zero-order valence-corrected chi connectivity index (χ0v) is 8.45. The Bertz CT molecular complexity index is 307. The number of benzene rings is 1. The van der Waals surface area contributed by atoms with Gasteiger partial charge < -0.3 is 9.47 Å². The first-order valence-corrected chi connectivity index (χ1v) is 5.01. The number of ether oxygens (including phenoxy) is 2. The van der Waals surface area contributed by atoms with Gasteiger partial charge in [-0.25, -0.2) is 0 Å². The molecule has 0 unspecified atom stereocenters. The fraction of sp³-hybridized carbons (Fsp3) is 0.417. The highest BCUT2D eigenvalue weighted by Crippen LogP contribution is 2.27. The van der Waals surface area contributed by atoms with Crippen LogP contribution in [0, 0.1) is 6.42 Å². The third kappa shape index (κ3) is 1.90. The molecular formula is C12H15O2. The summed E-state index contributed by atoms with van der Waals surface area (Å²) in [6, 6.07) is 6.21. The van der Waals surface area contributed by atoms with Gasteiger partial charge in [0.1, 0.15) is 5.75 Å². The molecule has 2 heteroatoms. The van der Waals surface area contributed by atoms with Crippen LogP contribution in [0.15, 0.2) is 18.2 Å². The first kappa shape index (κ1) is 9.53. The number of hydrogen-bond donors (Lipinski definition) is 0. The SMILES string of the molecule is C[CH]CCc1cccc2c1COCO2.